The number of aliphatic imine (C=N–C) groups is 2. The van der Waals surface area contributed by atoms with Gasteiger partial charge in [0.15, 0.2) is 0 Å². The number of aromatic hydroxyl groups is 2. The molecule has 0 aromatic heterocycles. The zero-order chi connectivity index (χ0) is 21.1. The van der Waals surface area contributed by atoms with E-state index in [0.717, 1.165) is 21.9 Å². The van der Waals surface area contributed by atoms with Crippen LogP contribution in [0.15, 0.2) is 82.8 Å². The first-order valence-electron chi connectivity index (χ1n) is 9.71. The van der Waals surface area contributed by atoms with Gasteiger partial charge in [0.05, 0.1) is 11.4 Å². The first-order valence-corrected chi connectivity index (χ1v) is 9.71. The summed E-state index contributed by atoms with van der Waals surface area (Å²) in [4.78, 5) is 9.24. The second kappa shape index (κ2) is 8.21. The minimum Gasteiger partial charge on any atom is -0.507 e. The van der Waals surface area contributed by atoms with Crippen molar-refractivity contribution in [2.75, 3.05) is 0 Å². The molecule has 0 saturated carbocycles. The van der Waals surface area contributed by atoms with Gasteiger partial charge in [0, 0.05) is 23.6 Å². The monoisotopic (exact) mass is 394 g/mol. The topological polar surface area (TPSA) is 65.2 Å². The maximum atomic E-state index is 10.3. The Labute approximate surface area is 175 Å². The van der Waals surface area contributed by atoms with E-state index in [9.17, 15) is 10.2 Å². The zero-order valence-corrected chi connectivity index (χ0v) is 16.9. The molecular formula is C26H22N2O2. The fourth-order valence-corrected chi connectivity index (χ4v) is 3.27. The van der Waals surface area contributed by atoms with Gasteiger partial charge in [-0.25, -0.2) is 0 Å². The number of aryl methyl sites for hydroxylation is 2. The summed E-state index contributed by atoms with van der Waals surface area (Å²) in [6.45, 7) is 3.71. The van der Waals surface area contributed by atoms with Crippen LogP contribution in [-0.4, -0.2) is 22.6 Å². The third-order valence-corrected chi connectivity index (χ3v) is 5.07. The molecule has 0 heterocycles. The average Bonchev–Trinajstić information content (AvgIpc) is 2.75. The predicted molar refractivity (Wildman–Crippen MR) is 124 cm³/mol. The molecule has 0 radical (unpaired) electrons. The van der Waals surface area contributed by atoms with E-state index in [1.165, 1.54) is 0 Å². The van der Waals surface area contributed by atoms with E-state index in [4.69, 9.17) is 0 Å². The predicted octanol–water partition coefficient (Wildman–Crippen LogP) is 6.37. The first kappa shape index (κ1) is 19.4. The van der Waals surface area contributed by atoms with Gasteiger partial charge in [-0.2, -0.15) is 0 Å². The van der Waals surface area contributed by atoms with Crippen molar-refractivity contribution in [3.8, 4) is 11.5 Å². The summed E-state index contributed by atoms with van der Waals surface area (Å²) in [7, 11) is 0. The highest BCUT2D eigenvalue weighted by molar-refractivity contribution is 5.95. The number of nitrogens with zero attached hydrogens (tertiary/aromatic N) is 2. The Hall–Kier alpha value is -3.92. The number of phenols is 2. The number of phenolic OH excluding ortho intramolecular Hbond substituents is 2. The second-order valence-corrected chi connectivity index (χ2v) is 7.23. The molecule has 0 bridgehead atoms. The lowest BCUT2D eigenvalue weighted by atomic mass is 10.1. The lowest BCUT2D eigenvalue weighted by Gasteiger charge is -2.06. The third kappa shape index (κ3) is 3.94. The minimum atomic E-state index is 0.219. The number of fused-ring (bicyclic) bond motifs is 1. The summed E-state index contributed by atoms with van der Waals surface area (Å²) >= 11 is 0. The van der Waals surface area contributed by atoms with Crippen LogP contribution < -0.4 is 0 Å². The van der Waals surface area contributed by atoms with Gasteiger partial charge in [0.2, 0.25) is 0 Å². The molecule has 4 aromatic carbocycles. The summed E-state index contributed by atoms with van der Waals surface area (Å²) in [5.41, 5.74) is 4.25. The number of benzene rings is 4. The molecule has 0 saturated heterocycles. The molecule has 0 aliphatic carbocycles. The largest absolute Gasteiger partial charge is 0.507 e. The van der Waals surface area contributed by atoms with Crippen LogP contribution in [0.3, 0.4) is 0 Å². The van der Waals surface area contributed by atoms with Gasteiger partial charge in [-0.1, -0.05) is 48.5 Å². The van der Waals surface area contributed by atoms with Gasteiger partial charge in [-0.05, 0) is 60.0 Å². The van der Waals surface area contributed by atoms with E-state index >= 15 is 0 Å². The van der Waals surface area contributed by atoms with E-state index < -0.39 is 0 Å². The Morgan fingerprint density at radius 2 is 1.03 bits per heavy atom. The maximum absolute atomic E-state index is 10.3. The molecule has 4 rings (SSSR count). The molecular weight excluding hydrogens is 372 g/mol. The molecule has 0 amide bonds. The molecule has 4 aromatic rings. The highest BCUT2D eigenvalue weighted by atomic mass is 16.3. The van der Waals surface area contributed by atoms with Gasteiger partial charge in [-0.3, -0.25) is 9.98 Å². The minimum absolute atomic E-state index is 0.219. The van der Waals surface area contributed by atoms with Gasteiger partial charge in [-0.15, -0.1) is 0 Å². The molecule has 4 heteroatoms. The van der Waals surface area contributed by atoms with Crippen LogP contribution in [0.25, 0.3) is 10.8 Å². The molecule has 0 unspecified atom stereocenters. The Balaban J connectivity index is 1.79. The highest BCUT2D eigenvalue weighted by Gasteiger charge is 2.06. The number of rotatable bonds is 4. The van der Waals surface area contributed by atoms with Gasteiger partial charge < -0.3 is 10.2 Å². The molecule has 0 atom stereocenters. The normalized spacial score (nSPS) is 11.7. The summed E-state index contributed by atoms with van der Waals surface area (Å²) < 4.78 is 0. The molecule has 4 nitrogen and oxygen atoms in total. The van der Waals surface area contributed by atoms with Crippen molar-refractivity contribution in [3.05, 3.63) is 95.1 Å². The second-order valence-electron chi connectivity index (χ2n) is 7.23. The van der Waals surface area contributed by atoms with Crippen molar-refractivity contribution in [3.63, 3.8) is 0 Å². The Morgan fingerprint density at radius 1 is 0.600 bits per heavy atom. The molecule has 0 fully saturated rings. The number of para-hydroxylation sites is 2. The lowest BCUT2D eigenvalue weighted by Crippen LogP contribution is -1.86. The van der Waals surface area contributed by atoms with Crippen LogP contribution in [0.1, 0.15) is 22.3 Å². The maximum Gasteiger partial charge on any atom is 0.127 e. The quantitative estimate of drug-likeness (QED) is 0.395. The summed E-state index contributed by atoms with van der Waals surface area (Å²) in [5, 5.41) is 22.7. The van der Waals surface area contributed by atoms with Crippen LogP contribution >= 0.6 is 0 Å². The van der Waals surface area contributed by atoms with E-state index in [1.54, 1.807) is 12.4 Å². The van der Waals surface area contributed by atoms with Crippen molar-refractivity contribution in [2.24, 2.45) is 9.98 Å². The van der Waals surface area contributed by atoms with Crippen molar-refractivity contribution < 1.29 is 10.2 Å². The molecule has 30 heavy (non-hydrogen) atoms. The van der Waals surface area contributed by atoms with Gasteiger partial charge in [0.25, 0.3) is 0 Å². The molecule has 0 spiro atoms. The fourth-order valence-electron chi connectivity index (χ4n) is 3.27. The van der Waals surface area contributed by atoms with Crippen LogP contribution in [0.2, 0.25) is 0 Å². The van der Waals surface area contributed by atoms with Crippen molar-refractivity contribution in [1.82, 2.24) is 0 Å². The molecule has 148 valence electrons. The van der Waals surface area contributed by atoms with Crippen molar-refractivity contribution in [1.29, 1.82) is 0 Å². The van der Waals surface area contributed by atoms with E-state index in [-0.39, 0.29) is 11.5 Å². The SMILES string of the molecule is Cc1cccc(C=Nc2cc3ccccc3cc2N=Cc2cccc(C)c2O)c1O. The zero-order valence-electron chi connectivity index (χ0n) is 16.9. The van der Waals surface area contributed by atoms with E-state index in [1.807, 2.05) is 86.6 Å². The number of hydrogen-bond donors (Lipinski definition) is 2. The average molecular weight is 394 g/mol. The molecule has 0 aliphatic rings. The smallest absolute Gasteiger partial charge is 0.127 e. The molecule has 0 aliphatic heterocycles. The van der Waals surface area contributed by atoms with E-state index in [0.29, 0.717) is 22.5 Å². The summed E-state index contributed by atoms with van der Waals surface area (Å²) in [5.74, 6) is 0.438. The van der Waals surface area contributed by atoms with Crippen molar-refractivity contribution in [2.45, 2.75) is 13.8 Å². The van der Waals surface area contributed by atoms with Gasteiger partial charge >= 0.3 is 0 Å². The summed E-state index contributed by atoms with van der Waals surface area (Å²) in [6.07, 6.45) is 3.30. The highest BCUT2D eigenvalue weighted by Crippen LogP contribution is 2.34. The Bertz CT molecular complexity index is 1190. The van der Waals surface area contributed by atoms with Crippen LogP contribution in [0.4, 0.5) is 11.4 Å². The lowest BCUT2D eigenvalue weighted by molar-refractivity contribution is 0.470. The van der Waals surface area contributed by atoms with Crippen LogP contribution in [-0.2, 0) is 0 Å². The van der Waals surface area contributed by atoms with Crippen LogP contribution in [0.5, 0.6) is 11.5 Å². The number of hydrogen-bond acceptors (Lipinski definition) is 4. The first-order chi connectivity index (χ1) is 14.5. The Kier molecular flexibility index (Phi) is 5.31. The fraction of sp³-hybridized carbons (Fsp3) is 0.0769. The van der Waals surface area contributed by atoms with E-state index in [2.05, 4.69) is 9.98 Å². The molecule has 2 N–H and O–H groups in total. The van der Waals surface area contributed by atoms with Crippen molar-refractivity contribution >= 4 is 34.6 Å². The summed E-state index contributed by atoms with van der Waals surface area (Å²) in [6, 6.07) is 23.1. The third-order valence-electron chi connectivity index (χ3n) is 5.07. The Morgan fingerprint density at radius 3 is 1.47 bits per heavy atom. The van der Waals surface area contributed by atoms with Crippen LogP contribution in [0, 0.1) is 13.8 Å². The van der Waals surface area contributed by atoms with Gasteiger partial charge in [0.1, 0.15) is 11.5 Å². The standard InChI is InChI=1S/C26H22N2O2/c1-17-7-5-11-21(25(17)29)15-27-23-13-19-9-3-4-10-20(19)14-24(23)28-16-22-12-6-8-18(2)26(22)30/h3-16,29-30H,1-2H3.